The Hall–Kier alpha value is -0.970. The number of halogens is 2. The summed E-state index contributed by atoms with van der Waals surface area (Å²) in [7, 11) is 0. The van der Waals surface area contributed by atoms with Crippen molar-refractivity contribution >= 4 is 52.1 Å². The van der Waals surface area contributed by atoms with E-state index in [-0.39, 0.29) is 5.91 Å². The van der Waals surface area contributed by atoms with Gasteiger partial charge in [0.1, 0.15) is 0 Å². The van der Waals surface area contributed by atoms with E-state index in [0.29, 0.717) is 21.5 Å². The lowest BCUT2D eigenvalue weighted by molar-refractivity contribution is -0.122. The van der Waals surface area contributed by atoms with E-state index in [1.54, 1.807) is 17.0 Å². The van der Waals surface area contributed by atoms with Crippen molar-refractivity contribution in [2.45, 2.75) is 39.5 Å². The van der Waals surface area contributed by atoms with E-state index in [1.165, 1.54) is 11.8 Å². The van der Waals surface area contributed by atoms with Crippen LogP contribution < -0.4 is 0 Å². The SMILES string of the molecule is CCCCN=C1SC(=Cc2ccc(Cl)cc2Cl)C(=O)N1CCCC. The van der Waals surface area contributed by atoms with Gasteiger partial charge in [-0.3, -0.25) is 14.7 Å². The highest BCUT2D eigenvalue weighted by molar-refractivity contribution is 8.18. The van der Waals surface area contributed by atoms with Gasteiger partial charge >= 0.3 is 0 Å². The molecule has 0 atom stereocenters. The third kappa shape index (κ3) is 5.01. The Morgan fingerprint density at radius 1 is 1.21 bits per heavy atom. The quantitative estimate of drug-likeness (QED) is 0.435. The lowest BCUT2D eigenvalue weighted by Crippen LogP contribution is -2.30. The number of carbonyl (C=O) groups excluding carboxylic acids is 1. The Labute approximate surface area is 158 Å². The number of unbranched alkanes of at least 4 members (excludes halogenated alkanes) is 2. The van der Waals surface area contributed by atoms with Crippen LogP contribution in [-0.2, 0) is 4.79 Å². The summed E-state index contributed by atoms with van der Waals surface area (Å²) >= 11 is 13.6. The van der Waals surface area contributed by atoms with Gasteiger partial charge in [0.15, 0.2) is 5.17 Å². The highest BCUT2D eigenvalue weighted by Gasteiger charge is 2.32. The summed E-state index contributed by atoms with van der Waals surface area (Å²) in [5.41, 5.74) is 0.794. The molecule has 3 nitrogen and oxygen atoms in total. The van der Waals surface area contributed by atoms with E-state index in [0.717, 1.165) is 43.0 Å². The second kappa shape index (κ2) is 9.50. The summed E-state index contributed by atoms with van der Waals surface area (Å²) in [5, 5.41) is 1.93. The van der Waals surface area contributed by atoms with Crippen LogP contribution in [0.4, 0.5) is 0 Å². The second-order valence-corrected chi connectivity index (χ2v) is 7.46. The fourth-order valence-electron chi connectivity index (χ4n) is 2.23. The van der Waals surface area contributed by atoms with Gasteiger partial charge in [0, 0.05) is 23.1 Å². The predicted octanol–water partition coefficient (Wildman–Crippen LogP) is 5.87. The molecule has 0 aliphatic carbocycles. The predicted molar refractivity (Wildman–Crippen MR) is 106 cm³/mol. The molecule has 0 radical (unpaired) electrons. The zero-order valence-corrected chi connectivity index (χ0v) is 16.3. The minimum absolute atomic E-state index is 0.00900. The number of nitrogens with zero attached hydrogens (tertiary/aromatic N) is 2. The van der Waals surface area contributed by atoms with Crippen molar-refractivity contribution in [2.24, 2.45) is 4.99 Å². The molecule has 0 saturated carbocycles. The monoisotopic (exact) mass is 384 g/mol. The summed E-state index contributed by atoms with van der Waals surface area (Å²) < 4.78 is 0. The summed E-state index contributed by atoms with van der Waals surface area (Å²) in [6.45, 7) is 5.71. The molecule has 1 aromatic carbocycles. The van der Waals surface area contributed by atoms with Gasteiger partial charge in [-0.05, 0) is 48.4 Å². The topological polar surface area (TPSA) is 32.7 Å². The molecule has 1 fully saturated rings. The summed E-state index contributed by atoms with van der Waals surface area (Å²) in [6.07, 6.45) is 5.95. The van der Waals surface area contributed by atoms with Crippen LogP contribution in [0.5, 0.6) is 0 Å². The van der Waals surface area contributed by atoms with Gasteiger partial charge in [-0.25, -0.2) is 0 Å². The van der Waals surface area contributed by atoms with Crippen LogP contribution in [-0.4, -0.2) is 29.1 Å². The van der Waals surface area contributed by atoms with Crippen LogP contribution in [0.3, 0.4) is 0 Å². The van der Waals surface area contributed by atoms with Crippen molar-refractivity contribution in [1.29, 1.82) is 0 Å². The molecule has 0 bridgehead atoms. The molecule has 1 aliphatic rings. The summed E-state index contributed by atoms with van der Waals surface area (Å²) in [4.78, 5) is 19.8. The first-order valence-corrected chi connectivity index (χ1v) is 9.85. The minimum Gasteiger partial charge on any atom is -0.287 e. The number of hydrogen-bond donors (Lipinski definition) is 0. The molecule has 1 heterocycles. The largest absolute Gasteiger partial charge is 0.287 e. The average molecular weight is 385 g/mol. The van der Waals surface area contributed by atoms with Crippen LogP contribution in [0.2, 0.25) is 10.0 Å². The number of hydrogen-bond acceptors (Lipinski definition) is 3. The molecule has 1 saturated heterocycles. The smallest absolute Gasteiger partial charge is 0.266 e. The molecule has 2 rings (SSSR count). The van der Waals surface area contributed by atoms with Crippen molar-refractivity contribution in [2.75, 3.05) is 13.1 Å². The first-order valence-electron chi connectivity index (χ1n) is 8.27. The van der Waals surface area contributed by atoms with Crippen LogP contribution in [0.15, 0.2) is 28.1 Å². The van der Waals surface area contributed by atoms with Gasteiger partial charge in [-0.15, -0.1) is 0 Å². The summed E-state index contributed by atoms with van der Waals surface area (Å²) in [6, 6.07) is 5.29. The van der Waals surface area contributed by atoms with E-state index >= 15 is 0 Å². The molecule has 0 aromatic heterocycles. The van der Waals surface area contributed by atoms with Gasteiger partial charge in [0.25, 0.3) is 5.91 Å². The zero-order chi connectivity index (χ0) is 17.5. The van der Waals surface area contributed by atoms with E-state index in [2.05, 4.69) is 18.8 Å². The van der Waals surface area contributed by atoms with Crippen molar-refractivity contribution in [3.63, 3.8) is 0 Å². The maximum absolute atomic E-state index is 12.7. The Bertz CT molecular complexity index is 658. The number of carbonyl (C=O) groups is 1. The van der Waals surface area contributed by atoms with Crippen molar-refractivity contribution in [3.05, 3.63) is 38.7 Å². The molecule has 1 aliphatic heterocycles. The number of benzene rings is 1. The fraction of sp³-hybridized carbons (Fsp3) is 0.444. The number of amidine groups is 1. The number of aliphatic imine (C=N–C) groups is 1. The van der Waals surface area contributed by atoms with Gasteiger partial charge in [-0.1, -0.05) is 56.0 Å². The summed E-state index contributed by atoms with van der Waals surface area (Å²) in [5.74, 6) is 0.00900. The maximum Gasteiger partial charge on any atom is 0.266 e. The molecular weight excluding hydrogens is 363 g/mol. The number of amides is 1. The molecular formula is C18H22Cl2N2OS. The normalized spacial score (nSPS) is 18.2. The Morgan fingerprint density at radius 3 is 2.62 bits per heavy atom. The molecule has 1 aromatic rings. The van der Waals surface area contributed by atoms with Crippen LogP contribution in [0.1, 0.15) is 45.1 Å². The molecule has 24 heavy (non-hydrogen) atoms. The molecule has 0 unspecified atom stereocenters. The van der Waals surface area contributed by atoms with E-state index in [1.807, 2.05) is 12.1 Å². The Morgan fingerprint density at radius 2 is 1.96 bits per heavy atom. The molecule has 0 spiro atoms. The maximum atomic E-state index is 12.7. The molecule has 6 heteroatoms. The number of rotatable bonds is 7. The lowest BCUT2D eigenvalue weighted by atomic mass is 10.2. The van der Waals surface area contributed by atoms with Crippen LogP contribution >= 0.6 is 35.0 Å². The van der Waals surface area contributed by atoms with E-state index < -0.39 is 0 Å². The average Bonchev–Trinajstić information content (AvgIpc) is 2.84. The van der Waals surface area contributed by atoms with Gasteiger partial charge in [0.05, 0.1) is 4.91 Å². The second-order valence-electron chi connectivity index (χ2n) is 5.60. The molecule has 130 valence electrons. The van der Waals surface area contributed by atoms with E-state index in [4.69, 9.17) is 23.2 Å². The Kier molecular flexibility index (Phi) is 7.66. The highest BCUT2D eigenvalue weighted by Crippen LogP contribution is 2.34. The van der Waals surface area contributed by atoms with Crippen LogP contribution in [0, 0.1) is 0 Å². The highest BCUT2D eigenvalue weighted by atomic mass is 35.5. The van der Waals surface area contributed by atoms with E-state index in [9.17, 15) is 4.79 Å². The molecule has 1 amide bonds. The first kappa shape index (κ1) is 19.4. The van der Waals surface area contributed by atoms with Crippen LogP contribution in [0.25, 0.3) is 6.08 Å². The van der Waals surface area contributed by atoms with Crippen molar-refractivity contribution < 1.29 is 4.79 Å². The van der Waals surface area contributed by atoms with Crippen molar-refractivity contribution in [3.8, 4) is 0 Å². The third-order valence-electron chi connectivity index (χ3n) is 3.63. The van der Waals surface area contributed by atoms with Gasteiger partial charge in [0.2, 0.25) is 0 Å². The standard InChI is InChI=1S/C18H22Cl2N2OS/c1-3-5-9-21-18-22(10-6-4-2)17(23)16(24-18)11-13-7-8-14(19)12-15(13)20/h7-8,11-12H,3-6,9-10H2,1-2H3. The van der Waals surface area contributed by atoms with Gasteiger partial charge < -0.3 is 0 Å². The lowest BCUT2D eigenvalue weighted by Gasteiger charge is -2.14. The first-order chi connectivity index (χ1) is 11.6. The molecule has 0 N–H and O–H groups in total. The number of thioether (sulfide) groups is 1. The van der Waals surface area contributed by atoms with Crippen molar-refractivity contribution in [1.82, 2.24) is 4.90 Å². The minimum atomic E-state index is 0.00900. The Balaban J connectivity index is 2.25. The fourth-order valence-corrected chi connectivity index (χ4v) is 3.72. The third-order valence-corrected chi connectivity index (χ3v) is 5.24. The zero-order valence-electron chi connectivity index (χ0n) is 14.0. The van der Waals surface area contributed by atoms with Gasteiger partial charge in [-0.2, -0.15) is 0 Å².